The van der Waals surface area contributed by atoms with Crippen LogP contribution in [0.25, 0.3) is 0 Å². The first kappa shape index (κ1) is 15.1. The summed E-state index contributed by atoms with van der Waals surface area (Å²) in [6.07, 6.45) is 5.84. The molecule has 2 aromatic rings. The second-order valence-electron chi connectivity index (χ2n) is 5.64. The molecule has 0 bridgehead atoms. The second kappa shape index (κ2) is 5.78. The van der Waals surface area contributed by atoms with Gasteiger partial charge in [0.1, 0.15) is 5.82 Å². The molecule has 0 amide bonds. The first-order valence-electron chi connectivity index (χ1n) is 7.15. The van der Waals surface area contributed by atoms with Crippen LogP contribution in [0.3, 0.4) is 0 Å². The third kappa shape index (κ3) is 3.34. The molecule has 1 heterocycles. The largest absolute Gasteiger partial charge is 0.264 e. The van der Waals surface area contributed by atoms with Crippen molar-refractivity contribution in [1.82, 2.24) is 9.71 Å². The summed E-state index contributed by atoms with van der Waals surface area (Å²) in [4.78, 5) is 4.26. The van der Waals surface area contributed by atoms with E-state index in [-0.39, 0.29) is 11.4 Å². The van der Waals surface area contributed by atoms with Gasteiger partial charge in [0.15, 0.2) is 0 Å². The molecule has 4 nitrogen and oxygen atoms in total. The fourth-order valence-electron chi connectivity index (χ4n) is 2.41. The molecule has 1 N–H and O–H groups in total. The minimum absolute atomic E-state index is 0.0974. The Morgan fingerprint density at radius 1 is 1.27 bits per heavy atom. The Morgan fingerprint density at radius 3 is 2.73 bits per heavy atom. The SMILES string of the molecule is Cc1cc(F)ccc1S(=O)(=O)NCc1cncc(C2CC2)c1. The number of sulfonamides is 1. The van der Waals surface area contributed by atoms with Crippen LogP contribution in [0.2, 0.25) is 0 Å². The maximum Gasteiger partial charge on any atom is 0.241 e. The summed E-state index contributed by atoms with van der Waals surface area (Å²) in [6.45, 7) is 1.75. The normalized spacial score (nSPS) is 15.0. The molecule has 116 valence electrons. The molecule has 0 saturated heterocycles. The van der Waals surface area contributed by atoms with E-state index in [4.69, 9.17) is 0 Å². The topological polar surface area (TPSA) is 59.1 Å². The highest BCUT2D eigenvalue weighted by Gasteiger charge is 2.24. The third-order valence-electron chi connectivity index (χ3n) is 3.76. The van der Waals surface area contributed by atoms with E-state index in [2.05, 4.69) is 9.71 Å². The molecule has 1 aliphatic carbocycles. The van der Waals surface area contributed by atoms with Crippen LogP contribution in [0, 0.1) is 12.7 Å². The molecule has 3 rings (SSSR count). The molecule has 0 aliphatic heterocycles. The maximum atomic E-state index is 13.1. The minimum atomic E-state index is -3.67. The third-order valence-corrected chi connectivity index (χ3v) is 5.32. The highest BCUT2D eigenvalue weighted by atomic mass is 32.2. The molecule has 1 fully saturated rings. The Hall–Kier alpha value is -1.79. The summed E-state index contributed by atoms with van der Waals surface area (Å²) in [7, 11) is -3.67. The molecule has 1 saturated carbocycles. The van der Waals surface area contributed by atoms with Crippen LogP contribution in [0.15, 0.2) is 41.6 Å². The molecule has 0 radical (unpaired) electrons. The number of nitrogens with one attached hydrogen (secondary N) is 1. The lowest BCUT2D eigenvalue weighted by Crippen LogP contribution is -2.24. The van der Waals surface area contributed by atoms with Crippen LogP contribution >= 0.6 is 0 Å². The number of hydrogen-bond acceptors (Lipinski definition) is 3. The average molecular weight is 320 g/mol. The van der Waals surface area contributed by atoms with Gasteiger partial charge in [0.25, 0.3) is 0 Å². The molecule has 0 spiro atoms. The first-order chi connectivity index (χ1) is 10.5. The summed E-state index contributed by atoms with van der Waals surface area (Å²) in [5, 5.41) is 0. The lowest BCUT2D eigenvalue weighted by atomic mass is 10.1. The Labute approximate surface area is 129 Å². The number of aryl methyl sites for hydroxylation is 1. The van der Waals surface area contributed by atoms with E-state index in [1.807, 2.05) is 12.3 Å². The average Bonchev–Trinajstić information content (AvgIpc) is 3.30. The Morgan fingerprint density at radius 2 is 2.05 bits per heavy atom. The van der Waals surface area contributed by atoms with Crippen molar-refractivity contribution in [2.45, 2.75) is 37.1 Å². The Kier molecular flexibility index (Phi) is 3.97. The summed E-state index contributed by atoms with van der Waals surface area (Å²) < 4.78 is 40.3. The van der Waals surface area contributed by atoms with Crippen molar-refractivity contribution < 1.29 is 12.8 Å². The van der Waals surface area contributed by atoms with Crippen molar-refractivity contribution in [3.8, 4) is 0 Å². The summed E-state index contributed by atoms with van der Waals surface area (Å²) in [5.41, 5.74) is 2.37. The van der Waals surface area contributed by atoms with E-state index in [9.17, 15) is 12.8 Å². The van der Waals surface area contributed by atoms with Gasteiger partial charge in [-0.2, -0.15) is 0 Å². The maximum absolute atomic E-state index is 13.1. The van der Waals surface area contributed by atoms with E-state index in [1.54, 1.807) is 13.1 Å². The zero-order chi connectivity index (χ0) is 15.7. The van der Waals surface area contributed by atoms with Gasteiger partial charge in [0.05, 0.1) is 4.90 Å². The molecule has 0 unspecified atom stereocenters. The minimum Gasteiger partial charge on any atom is -0.264 e. The number of nitrogens with zero attached hydrogens (tertiary/aromatic N) is 1. The lowest BCUT2D eigenvalue weighted by Gasteiger charge is -2.10. The molecule has 1 aromatic carbocycles. The van der Waals surface area contributed by atoms with E-state index < -0.39 is 15.8 Å². The number of rotatable bonds is 5. The van der Waals surface area contributed by atoms with Gasteiger partial charge >= 0.3 is 0 Å². The number of aromatic nitrogens is 1. The van der Waals surface area contributed by atoms with Crippen molar-refractivity contribution >= 4 is 10.0 Å². The van der Waals surface area contributed by atoms with Gasteiger partial charge in [-0.15, -0.1) is 0 Å². The highest BCUT2D eigenvalue weighted by molar-refractivity contribution is 7.89. The van der Waals surface area contributed by atoms with Gasteiger partial charge < -0.3 is 0 Å². The van der Waals surface area contributed by atoms with Crippen molar-refractivity contribution in [3.63, 3.8) is 0 Å². The number of halogens is 1. The van der Waals surface area contributed by atoms with E-state index in [1.165, 1.54) is 25.0 Å². The van der Waals surface area contributed by atoms with Crippen LogP contribution in [-0.2, 0) is 16.6 Å². The fourth-order valence-corrected chi connectivity index (χ4v) is 3.66. The predicted octanol–water partition coefficient (Wildman–Crippen LogP) is 2.89. The zero-order valence-corrected chi connectivity index (χ0v) is 13.0. The molecule has 1 aromatic heterocycles. The first-order valence-corrected chi connectivity index (χ1v) is 8.64. The quantitative estimate of drug-likeness (QED) is 0.921. The van der Waals surface area contributed by atoms with Crippen LogP contribution in [0.1, 0.15) is 35.4 Å². The van der Waals surface area contributed by atoms with E-state index >= 15 is 0 Å². The van der Waals surface area contributed by atoms with Crippen LogP contribution in [0.4, 0.5) is 4.39 Å². The monoisotopic (exact) mass is 320 g/mol. The van der Waals surface area contributed by atoms with Crippen LogP contribution in [0.5, 0.6) is 0 Å². The van der Waals surface area contributed by atoms with Crippen molar-refractivity contribution in [2.24, 2.45) is 0 Å². The molecule has 1 aliphatic rings. The van der Waals surface area contributed by atoms with Crippen molar-refractivity contribution in [3.05, 3.63) is 59.2 Å². The summed E-state index contributed by atoms with van der Waals surface area (Å²) in [5.74, 6) is 0.126. The predicted molar refractivity (Wildman–Crippen MR) is 81.4 cm³/mol. The summed E-state index contributed by atoms with van der Waals surface area (Å²) >= 11 is 0. The molecule has 0 atom stereocenters. The highest BCUT2D eigenvalue weighted by Crippen LogP contribution is 2.39. The van der Waals surface area contributed by atoms with Gasteiger partial charge in [-0.3, -0.25) is 4.98 Å². The summed E-state index contributed by atoms with van der Waals surface area (Å²) in [6, 6.07) is 5.64. The molecule has 6 heteroatoms. The Bertz CT molecular complexity index is 802. The van der Waals surface area contributed by atoms with Crippen molar-refractivity contribution in [1.29, 1.82) is 0 Å². The Balaban J connectivity index is 1.75. The van der Waals surface area contributed by atoms with Gasteiger partial charge in [-0.25, -0.2) is 17.5 Å². The number of pyridine rings is 1. The van der Waals surface area contributed by atoms with Crippen LogP contribution in [-0.4, -0.2) is 13.4 Å². The smallest absolute Gasteiger partial charge is 0.241 e. The fraction of sp³-hybridized carbons (Fsp3) is 0.312. The van der Waals surface area contributed by atoms with Crippen molar-refractivity contribution in [2.75, 3.05) is 0 Å². The zero-order valence-electron chi connectivity index (χ0n) is 12.2. The van der Waals surface area contributed by atoms with E-state index in [0.29, 0.717) is 11.5 Å². The lowest BCUT2D eigenvalue weighted by molar-refractivity contribution is 0.579. The number of benzene rings is 1. The van der Waals surface area contributed by atoms with Gasteiger partial charge in [-0.05, 0) is 60.6 Å². The standard InChI is InChI=1S/C16H17FN2O2S/c1-11-6-15(17)4-5-16(11)22(20,21)19-9-12-7-14(10-18-8-12)13-2-3-13/h4-8,10,13,19H,2-3,9H2,1H3. The van der Waals surface area contributed by atoms with E-state index in [0.717, 1.165) is 17.2 Å². The second-order valence-corrected chi connectivity index (χ2v) is 7.37. The van der Waals surface area contributed by atoms with Gasteiger partial charge in [-0.1, -0.05) is 6.07 Å². The molecular weight excluding hydrogens is 303 g/mol. The van der Waals surface area contributed by atoms with Gasteiger partial charge in [0, 0.05) is 18.9 Å². The van der Waals surface area contributed by atoms with Gasteiger partial charge in [0.2, 0.25) is 10.0 Å². The molecular formula is C16H17FN2O2S. The molecule has 22 heavy (non-hydrogen) atoms. The number of hydrogen-bond donors (Lipinski definition) is 1. The van der Waals surface area contributed by atoms with Crippen LogP contribution < -0.4 is 4.72 Å².